The van der Waals surface area contributed by atoms with Gasteiger partial charge in [0.15, 0.2) is 0 Å². The number of nitrogens with one attached hydrogen (secondary N) is 1. The van der Waals surface area contributed by atoms with Crippen LogP contribution < -0.4 is 10.1 Å². The topological polar surface area (TPSA) is 21.3 Å². The molecular weight excluding hydrogens is 270 g/mol. The first kappa shape index (κ1) is 14.6. The highest BCUT2D eigenvalue weighted by Gasteiger charge is 2.47. The minimum absolute atomic E-state index is 0.949. The standard InChI is InChI=1S/C20H29NO/c1-22-19-4-2-14(3-5-19)6-7-21-13-20-17-9-15-8-16(11-17)12-18(20)10-15/h2-5,15-18,20-21H,6-13H2,1H3. The molecular formula is C20H29NO. The largest absolute Gasteiger partial charge is 0.497 e. The minimum atomic E-state index is 0.949. The lowest BCUT2D eigenvalue weighted by atomic mass is 9.52. The molecule has 5 rings (SSSR count). The van der Waals surface area contributed by atoms with Crippen LogP contribution in [-0.4, -0.2) is 20.2 Å². The first-order valence-corrected chi connectivity index (χ1v) is 9.15. The van der Waals surface area contributed by atoms with E-state index in [0.717, 1.165) is 48.3 Å². The van der Waals surface area contributed by atoms with Crippen LogP contribution in [0.25, 0.3) is 0 Å². The Kier molecular flexibility index (Phi) is 4.13. The van der Waals surface area contributed by atoms with Crippen molar-refractivity contribution in [1.29, 1.82) is 0 Å². The summed E-state index contributed by atoms with van der Waals surface area (Å²) in [5, 5.41) is 3.76. The number of hydrogen-bond acceptors (Lipinski definition) is 2. The van der Waals surface area contributed by atoms with Crippen molar-refractivity contribution in [3.63, 3.8) is 0 Å². The van der Waals surface area contributed by atoms with Crippen molar-refractivity contribution in [1.82, 2.24) is 5.32 Å². The van der Waals surface area contributed by atoms with Gasteiger partial charge in [0.05, 0.1) is 7.11 Å². The third kappa shape index (κ3) is 2.90. The lowest BCUT2D eigenvalue weighted by Crippen LogP contribution is -2.48. The average molecular weight is 299 g/mol. The fourth-order valence-electron chi connectivity index (χ4n) is 5.66. The molecule has 0 spiro atoms. The minimum Gasteiger partial charge on any atom is -0.497 e. The van der Waals surface area contributed by atoms with Crippen molar-refractivity contribution >= 4 is 0 Å². The lowest BCUT2D eigenvalue weighted by Gasteiger charge is -2.54. The van der Waals surface area contributed by atoms with E-state index in [2.05, 4.69) is 29.6 Å². The van der Waals surface area contributed by atoms with Gasteiger partial charge in [0.2, 0.25) is 0 Å². The van der Waals surface area contributed by atoms with Gasteiger partial charge in [-0.15, -0.1) is 0 Å². The van der Waals surface area contributed by atoms with E-state index in [0.29, 0.717) is 0 Å². The van der Waals surface area contributed by atoms with Crippen LogP contribution in [0.2, 0.25) is 0 Å². The summed E-state index contributed by atoms with van der Waals surface area (Å²) in [6, 6.07) is 8.49. The maximum atomic E-state index is 5.21. The van der Waals surface area contributed by atoms with Crippen LogP contribution in [0.5, 0.6) is 5.75 Å². The highest BCUT2D eigenvalue weighted by molar-refractivity contribution is 5.27. The third-order valence-electron chi connectivity index (χ3n) is 6.55. The van der Waals surface area contributed by atoms with Crippen LogP contribution in [0.15, 0.2) is 24.3 Å². The summed E-state index contributed by atoms with van der Waals surface area (Å²) in [7, 11) is 1.72. The Labute approximate surface area is 134 Å². The second-order valence-electron chi connectivity index (χ2n) is 7.90. The van der Waals surface area contributed by atoms with E-state index in [1.807, 2.05) is 0 Å². The summed E-state index contributed by atoms with van der Waals surface area (Å²) < 4.78 is 5.21. The zero-order chi connectivity index (χ0) is 14.9. The second kappa shape index (κ2) is 6.23. The number of methoxy groups -OCH3 is 1. The Morgan fingerprint density at radius 3 is 2.18 bits per heavy atom. The van der Waals surface area contributed by atoms with Gasteiger partial charge < -0.3 is 10.1 Å². The van der Waals surface area contributed by atoms with Gasteiger partial charge >= 0.3 is 0 Å². The Bertz CT molecular complexity index is 467. The van der Waals surface area contributed by atoms with Gasteiger partial charge in [-0.05, 0) is 98.9 Å². The van der Waals surface area contributed by atoms with Crippen molar-refractivity contribution in [2.24, 2.45) is 29.6 Å². The molecule has 1 N–H and O–H groups in total. The van der Waals surface area contributed by atoms with Crippen molar-refractivity contribution in [3.05, 3.63) is 29.8 Å². The Hall–Kier alpha value is -1.02. The molecule has 0 amide bonds. The molecule has 1 aromatic carbocycles. The molecule has 2 heteroatoms. The molecule has 120 valence electrons. The zero-order valence-corrected chi connectivity index (χ0v) is 13.8. The molecule has 4 fully saturated rings. The van der Waals surface area contributed by atoms with Crippen molar-refractivity contribution < 1.29 is 4.74 Å². The van der Waals surface area contributed by atoms with Crippen LogP contribution in [0.3, 0.4) is 0 Å². The SMILES string of the molecule is COc1ccc(CCNCC2C3CC4CC(C3)CC2C4)cc1. The highest BCUT2D eigenvalue weighted by Crippen LogP contribution is 2.56. The summed E-state index contributed by atoms with van der Waals surface area (Å²) in [6.07, 6.45) is 8.84. The van der Waals surface area contributed by atoms with Gasteiger partial charge in [0.25, 0.3) is 0 Å². The molecule has 4 aliphatic carbocycles. The van der Waals surface area contributed by atoms with Gasteiger partial charge in [-0.2, -0.15) is 0 Å². The Morgan fingerprint density at radius 1 is 0.955 bits per heavy atom. The molecule has 2 nitrogen and oxygen atoms in total. The van der Waals surface area contributed by atoms with Gasteiger partial charge in [0.1, 0.15) is 5.75 Å². The Balaban J connectivity index is 1.23. The van der Waals surface area contributed by atoms with E-state index < -0.39 is 0 Å². The highest BCUT2D eigenvalue weighted by atomic mass is 16.5. The normalized spacial score (nSPS) is 35.8. The smallest absolute Gasteiger partial charge is 0.118 e. The van der Waals surface area contributed by atoms with Gasteiger partial charge in [-0.25, -0.2) is 0 Å². The molecule has 0 radical (unpaired) electrons. The summed E-state index contributed by atoms with van der Waals surface area (Å²) in [5.74, 6) is 6.21. The van der Waals surface area contributed by atoms with Crippen LogP contribution >= 0.6 is 0 Å². The maximum absolute atomic E-state index is 5.21. The van der Waals surface area contributed by atoms with E-state index in [-0.39, 0.29) is 0 Å². The van der Waals surface area contributed by atoms with Gasteiger partial charge in [-0.1, -0.05) is 12.1 Å². The quantitative estimate of drug-likeness (QED) is 0.804. The van der Waals surface area contributed by atoms with E-state index >= 15 is 0 Å². The molecule has 0 aliphatic heterocycles. The van der Waals surface area contributed by atoms with Crippen LogP contribution in [0.4, 0.5) is 0 Å². The van der Waals surface area contributed by atoms with E-state index in [9.17, 15) is 0 Å². The molecule has 0 aromatic heterocycles. The molecule has 0 atom stereocenters. The summed E-state index contributed by atoms with van der Waals surface area (Å²) in [6.45, 7) is 2.36. The van der Waals surface area contributed by atoms with Crippen molar-refractivity contribution in [3.8, 4) is 5.75 Å². The van der Waals surface area contributed by atoms with Crippen LogP contribution in [0, 0.1) is 29.6 Å². The fraction of sp³-hybridized carbons (Fsp3) is 0.700. The lowest BCUT2D eigenvalue weighted by molar-refractivity contribution is -0.0353. The fourth-order valence-corrected chi connectivity index (χ4v) is 5.66. The van der Waals surface area contributed by atoms with Crippen molar-refractivity contribution in [2.45, 2.75) is 38.5 Å². The number of benzene rings is 1. The first-order chi connectivity index (χ1) is 10.8. The van der Waals surface area contributed by atoms with E-state index in [4.69, 9.17) is 4.74 Å². The molecule has 0 heterocycles. The number of rotatable bonds is 6. The van der Waals surface area contributed by atoms with Gasteiger partial charge in [0, 0.05) is 0 Å². The zero-order valence-electron chi connectivity index (χ0n) is 13.8. The van der Waals surface area contributed by atoms with E-state index in [1.54, 1.807) is 13.5 Å². The first-order valence-electron chi connectivity index (χ1n) is 9.15. The van der Waals surface area contributed by atoms with Crippen LogP contribution in [0.1, 0.15) is 37.7 Å². The molecule has 0 saturated heterocycles. The van der Waals surface area contributed by atoms with Crippen molar-refractivity contribution in [2.75, 3.05) is 20.2 Å². The predicted molar refractivity (Wildman–Crippen MR) is 90.1 cm³/mol. The van der Waals surface area contributed by atoms with Gasteiger partial charge in [-0.3, -0.25) is 0 Å². The monoisotopic (exact) mass is 299 g/mol. The molecule has 1 aromatic rings. The molecule has 22 heavy (non-hydrogen) atoms. The molecule has 0 unspecified atom stereocenters. The third-order valence-corrected chi connectivity index (χ3v) is 6.55. The maximum Gasteiger partial charge on any atom is 0.118 e. The molecule has 4 saturated carbocycles. The van der Waals surface area contributed by atoms with Crippen LogP contribution in [-0.2, 0) is 6.42 Å². The summed E-state index contributed by atoms with van der Waals surface area (Å²) in [4.78, 5) is 0. The summed E-state index contributed by atoms with van der Waals surface area (Å²) in [5.41, 5.74) is 1.40. The molecule has 4 bridgehead atoms. The Morgan fingerprint density at radius 2 is 1.59 bits per heavy atom. The predicted octanol–water partition coefficient (Wildman–Crippen LogP) is 3.90. The average Bonchev–Trinajstić information content (AvgIpc) is 2.53. The van der Waals surface area contributed by atoms with E-state index in [1.165, 1.54) is 37.8 Å². The summed E-state index contributed by atoms with van der Waals surface area (Å²) >= 11 is 0. The second-order valence-corrected chi connectivity index (χ2v) is 7.90. The number of ether oxygens (including phenoxy) is 1. The number of hydrogen-bond donors (Lipinski definition) is 1. The molecule has 4 aliphatic rings.